The Kier molecular flexibility index (Phi) is 4.80. The number of β-amino-alcohol motifs (C(OH)–C–C–N with tert-alkyl or cyclic N) is 1. The van der Waals surface area contributed by atoms with Crippen molar-refractivity contribution in [3.63, 3.8) is 0 Å². The lowest BCUT2D eigenvalue weighted by atomic mass is 9.84. The number of fused-ring (bicyclic) bond motifs is 1. The van der Waals surface area contributed by atoms with Crippen molar-refractivity contribution in [1.29, 1.82) is 0 Å². The fourth-order valence-corrected chi connectivity index (χ4v) is 5.27. The van der Waals surface area contributed by atoms with Crippen molar-refractivity contribution in [1.82, 2.24) is 9.88 Å². The normalized spacial score (nSPS) is 27.2. The largest absolute Gasteiger partial charge is 0.392 e. The number of hydrogen-bond acceptors (Lipinski definition) is 4. The quantitative estimate of drug-likeness (QED) is 0.666. The number of nitrogens with zero attached hydrogens (tertiary/aromatic N) is 2. The van der Waals surface area contributed by atoms with Gasteiger partial charge in [-0.05, 0) is 42.0 Å². The molecule has 1 amide bonds. The molecule has 1 aromatic heterocycles. The summed E-state index contributed by atoms with van der Waals surface area (Å²) in [6, 6.07) is 20.4. The van der Waals surface area contributed by atoms with Gasteiger partial charge in [0.2, 0.25) is 5.91 Å². The number of benzene rings is 2. The van der Waals surface area contributed by atoms with Crippen molar-refractivity contribution in [2.75, 3.05) is 19.6 Å². The van der Waals surface area contributed by atoms with Crippen molar-refractivity contribution in [3.05, 3.63) is 78.0 Å². The molecule has 5 heteroatoms. The predicted molar refractivity (Wildman–Crippen MR) is 117 cm³/mol. The maximum absolute atomic E-state index is 12.8. The highest BCUT2D eigenvalue weighted by Crippen LogP contribution is 2.60. The monoisotopic (exact) mass is 401 g/mol. The molecule has 4 atom stereocenters. The number of aliphatic hydroxyl groups is 1. The number of aromatic nitrogens is 1. The van der Waals surface area contributed by atoms with Crippen molar-refractivity contribution >= 4 is 16.8 Å². The van der Waals surface area contributed by atoms with Gasteiger partial charge in [-0.3, -0.25) is 9.78 Å². The summed E-state index contributed by atoms with van der Waals surface area (Å²) in [4.78, 5) is 19.7. The Labute approximate surface area is 176 Å². The zero-order chi connectivity index (χ0) is 20.7. The van der Waals surface area contributed by atoms with E-state index in [0.29, 0.717) is 6.54 Å². The fourth-order valence-electron chi connectivity index (χ4n) is 5.27. The average Bonchev–Trinajstić information content (AvgIpc) is 3.40. The lowest BCUT2D eigenvalue weighted by molar-refractivity contribution is -0.120. The number of pyridine rings is 1. The Balaban J connectivity index is 1.51. The molecule has 2 aliphatic rings. The standard InChI is InChI=1S/C25H27N3O2/c26-24(30)25(19-12-18-8-4-5-9-23(18)27-14-19)13-22(25)21(17-6-2-1-3-7-17)16-28-11-10-20(29)15-28/h1-9,12,14,20-22,29H,10-11,13,15-16H2,(H2,26,30)/t20-,21+,22?,25?/m0/s1. The highest BCUT2D eigenvalue weighted by atomic mass is 16.3. The first-order chi connectivity index (χ1) is 14.6. The zero-order valence-corrected chi connectivity index (χ0v) is 16.9. The van der Waals surface area contributed by atoms with Crippen LogP contribution < -0.4 is 5.73 Å². The van der Waals surface area contributed by atoms with Crippen LogP contribution in [0.15, 0.2) is 66.9 Å². The van der Waals surface area contributed by atoms with Crippen LogP contribution in [0.5, 0.6) is 0 Å². The van der Waals surface area contributed by atoms with Gasteiger partial charge in [0.15, 0.2) is 0 Å². The number of amides is 1. The van der Waals surface area contributed by atoms with Gasteiger partial charge < -0.3 is 15.7 Å². The van der Waals surface area contributed by atoms with E-state index in [1.807, 2.05) is 48.7 Å². The summed E-state index contributed by atoms with van der Waals surface area (Å²) >= 11 is 0. The second kappa shape index (κ2) is 7.49. The summed E-state index contributed by atoms with van der Waals surface area (Å²) in [6.45, 7) is 2.40. The first kappa shape index (κ1) is 19.2. The first-order valence-electron chi connectivity index (χ1n) is 10.7. The molecule has 0 bridgehead atoms. The molecule has 30 heavy (non-hydrogen) atoms. The molecule has 3 aromatic rings. The minimum absolute atomic E-state index is 0.123. The number of para-hydroxylation sites is 1. The lowest BCUT2D eigenvalue weighted by Gasteiger charge is -2.26. The van der Waals surface area contributed by atoms with Crippen LogP contribution in [0.1, 0.15) is 29.9 Å². The molecule has 2 fully saturated rings. The van der Waals surface area contributed by atoms with E-state index in [0.717, 1.165) is 42.4 Å². The maximum atomic E-state index is 12.8. The van der Waals surface area contributed by atoms with Crippen LogP contribution in [0.25, 0.3) is 10.9 Å². The summed E-state index contributed by atoms with van der Waals surface area (Å²) in [5.41, 5.74) is 8.40. The molecule has 3 N–H and O–H groups in total. The fraction of sp³-hybridized carbons (Fsp3) is 0.360. The van der Waals surface area contributed by atoms with Crippen LogP contribution in [0.2, 0.25) is 0 Å². The summed E-state index contributed by atoms with van der Waals surface area (Å²) in [7, 11) is 0. The highest BCUT2D eigenvalue weighted by molar-refractivity contribution is 5.92. The van der Waals surface area contributed by atoms with Crippen LogP contribution in [-0.2, 0) is 10.2 Å². The molecule has 1 saturated heterocycles. The smallest absolute Gasteiger partial charge is 0.228 e. The molecule has 154 valence electrons. The molecule has 2 heterocycles. The van der Waals surface area contributed by atoms with Crippen molar-refractivity contribution in [2.45, 2.75) is 30.3 Å². The molecular weight excluding hydrogens is 374 g/mol. The van der Waals surface area contributed by atoms with Crippen LogP contribution in [0.3, 0.4) is 0 Å². The summed E-state index contributed by atoms with van der Waals surface area (Å²) < 4.78 is 0. The van der Waals surface area contributed by atoms with Gasteiger partial charge in [0.1, 0.15) is 0 Å². The molecule has 0 radical (unpaired) electrons. The van der Waals surface area contributed by atoms with Crippen LogP contribution >= 0.6 is 0 Å². The molecule has 1 aliphatic carbocycles. The number of primary amides is 1. The molecule has 5 rings (SSSR count). The van der Waals surface area contributed by atoms with Gasteiger partial charge in [0, 0.05) is 37.1 Å². The van der Waals surface area contributed by atoms with E-state index in [4.69, 9.17) is 5.73 Å². The number of likely N-dealkylation sites (tertiary alicyclic amines) is 1. The van der Waals surface area contributed by atoms with Gasteiger partial charge in [0.05, 0.1) is 17.0 Å². The minimum atomic E-state index is -0.685. The van der Waals surface area contributed by atoms with Gasteiger partial charge in [-0.1, -0.05) is 48.5 Å². The van der Waals surface area contributed by atoms with Gasteiger partial charge in [-0.2, -0.15) is 0 Å². The van der Waals surface area contributed by atoms with Crippen LogP contribution in [-0.4, -0.2) is 46.6 Å². The second-order valence-corrected chi connectivity index (χ2v) is 8.78. The van der Waals surface area contributed by atoms with E-state index in [2.05, 4.69) is 28.1 Å². The molecule has 2 unspecified atom stereocenters. The Morgan fingerprint density at radius 2 is 1.97 bits per heavy atom. The lowest BCUT2D eigenvalue weighted by Crippen LogP contribution is -2.35. The van der Waals surface area contributed by atoms with Crippen LogP contribution in [0.4, 0.5) is 0 Å². The molecule has 5 nitrogen and oxygen atoms in total. The topological polar surface area (TPSA) is 79.5 Å². The Hall–Kier alpha value is -2.76. The van der Waals surface area contributed by atoms with Gasteiger partial charge in [0.25, 0.3) is 0 Å². The van der Waals surface area contributed by atoms with Crippen molar-refractivity contribution in [3.8, 4) is 0 Å². The molecule has 2 aromatic carbocycles. The van der Waals surface area contributed by atoms with E-state index in [9.17, 15) is 9.90 Å². The van der Waals surface area contributed by atoms with E-state index in [-0.39, 0.29) is 23.8 Å². The van der Waals surface area contributed by atoms with Gasteiger partial charge in [-0.15, -0.1) is 0 Å². The van der Waals surface area contributed by atoms with Gasteiger partial charge in [-0.25, -0.2) is 0 Å². The molecule has 1 aliphatic heterocycles. The number of nitrogens with two attached hydrogens (primary N) is 1. The number of carbonyl (C=O) groups is 1. The summed E-state index contributed by atoms with van der Waals surface area (Å²) in [6.07, 6.45) is 3.11. The third-order valence-electron chi connectivity index (χ3n) is 6.98. The molecule has 1 saturated carbocycles. The summed E-state index contributed by atoms with van der Waals surface area (Å²) in [5.74, 6) is 0.0283. The number of rotatable bonds is 6. The second-order valence-electron chi connectivity index (χ2n) is 8.78. The van der Waals surface area contributed by atoms with E-state index in [1.54, 1.807) is 0 Å². The summed E-state index contributed by atoms with van der Waals surface area (Å²) in [5, 5.41) is 11.0. The molecular formula is C25H27N3O2. The predicted octanol–water partition coefficient (Wildman–Crippen LogP) is 2.83. The minimum Gasteiger partial charge on any atom is -0.392 e. The third kappa shape index (κ3) is 3.28. The Morgan fingerprint density at radius 3 is 2.70 bits per heavy atom. The molecule has 0 spiro atoms. The number of aliphatic hydroxyl groups excluding tert-OH is 1. The number of hydrogen-bond donors (Lipinski definition) is 2. The van der Waals surface area contributed by atoms with Crippen molar-refractivity contribution < 1.29 is 9.90 Å². The SMILES string of the molecule is NC(=O)C1(c2cnc3ccccc3c2)CC1[C@H](CN1CC[C@H](O)C1)c1ccccc1. The zero-order valence-electron chi connectivity index (χ0n) is 16.9. The maximum Gasteiger partial charge on any atom is 0.228 e. The first-order valence-corrected chi connectivity index (χ1v) is 10.7. The Bertz CT molecular complexity index is 1070. The third-order valence-corrected chi connectivity index (χ3v) is 6.98. The van der Waals surface area contributed by atoms with E-state index < -0.39 is 5.41 Å². The average molecular weight is 402 g/mol. The highest BCUT2D eigenvalue weighted by Gasteiger charge is 2.63. The van der Waals surface area contributed by atoms with Crippen LogP contribution in [0, 0.1) is 5.92 Å². The Morgan fingerprint density at radius 1 is 1.20 bits per heavy atom. The van der Waals surface area contributed by atoms with E-state index in [1.165, 1.54) is 5.56 Å². The van der Waals surface area contributed by atoms with E-state index >= 15 is 0 Å². The van der Waals surface area contributed by atoms with Gasteiger partial charge >= 0.3 is 0 Å². The number of carbonyl (C=O) groups excluding carboxylic acids is 1. The van der Waals surface area contributed by atoms with Crippen molar-refractivity contribution in [2.24, 2.45) is 11.7 Å².